The van der Waals surface area contributed by atoms with Crippen molar-refractivity contribution in [1.82, 2.24) is 5.32 Å². The number of amides is 1. The second kappa shape index (κ2) is 8.86. The lowest BCUT2D eigenvalue weighted by Gasteiger charge is -2.42. The highest BCUT2D eigenvalue weighted by Gasteiger charge is 2.38. The molecule has 4 nitrogen and oxygen atoms in total. The zero-order chi connectivity index (χ0) is 23.8. The van der Waals surface area contributed by atoms with Gasteiger partial charge in [0.05, 0.1) is 30.6 Å². The number of hydrogen-bond donors (Lipinski definition) is 1. The molecule has 2 aromatic heterocycles. The Hall–Kier alpha value is -2.79. The monoisotopic (exact) mass is 463 g/mol. The number of carbonyl (C=O) groups is 1. The minimum atomic E-state index is -0.166. The van der Waals surface area contributed by atoms with E-state index >= 15 is 0 Å². The van der Waals surface area contributed by atoms with Crippen molar-refractivity contribution >= 4 is 17.2 Å². The average molecular weight is 464 g/mol. The third-order valence-corrected chi connectivity index (χ3v) is 8.04. The highest BCUT2D eigenvalue weighted by molar-refractivity contribution is 7.17. The van der Waals surface area contributed by atoms with Gasteiger partial charge in [0.25, 0.3) is 5.91 Å². The number of furan rings is 1. The van der Waals surface area contributed by atoms with E-state index in [1.807, 2.05) is 18.2 Å². The van der Waals surface area contributed by atoms with E-state index in [2.05, 4.69) is 51.7 Å². The third-order valence-electron chi connectivity index (χ3n) is 6.92. The maximum Gasteiger partial charge on any atom is 0.261 e. The second-order valence-electron chi connectivity index (χ2n) is 10.1. The number of rotatable bonds is 7. The summed E-state index contributed by atoms with van der Waals surface area (Å²) in [7, 11) is 1.72. The molecule has 1 aromatic carbocycles. The predicted octanol–water partition coefficient (Wildman–Crippen LogP) is 7.41. The smallest absolute Gasteiger partial charge is 0.261 e. The van der Waals surface area contributed by atoms with Gasteiger partial charge in [-0.15, -0.1) is 17.9 Å². The Kier molecular flexibility index (Phi) is 6.28. The third kappa shape index (κ3) is 4.51. The van der Waals surface area contributed by atoms with Gasteiger partial charge in [0.2, 0.25) is 0 Å². The average Bonchev–Trinajstić information content (AvgIpc) is 3.48. The molecule has 2 heterocycles. The van der Waals surface area contributed by atoms with Crippen molar-refractivity contribution in [1.29, 1.82) is 0 Å². The molecule has 0 bridgehead atoms. The number of nitrogens with one attached hydrogen (secondary N) is 1. The van der Waals surface area contributed by atoms with Crippen LogP contribution in [0.5, 0.6) is 5.75 Å². The summed E-state index contributed by atoms with van der Waals surface area (Å²) >= 11 is 1.49. The summed E-state index contributed by atoms with van der Waals surface area (Å²) in [5.41, 5.74) is 4.93. The highest BCUT2D eigenvalue weighted by Crippen LogP contribution is 2.49. The molecule has 174 valence electrons. The van der Waals surface area contributed by atoms with Crippen LogP contribution >= 0.6 is 11.3 Å². The molecule has 5 heteroatoms. The van der Waals surface area contributed by atoms with Crippen molar-refractivity contribution in [2.45, 2.75) is 63.8 Å². The van der Waals surface area contributed by atoms with E-state index in [9.17, 15) is 4.79 Å². The Morgan fingerprint density at radius 2 is 1.88 bits per heavy atom. The summed E-state index contributed by atoms with van der Waals surface area (Å²) in [6.07, 6.45) is 8.02. The number of benzene rings is 1. The van der Waals surface area contributed by atoms with Crippen LogP contribution in [-0.2, 0) is 10.8 Å². The van der Waals surface area contributed by atoms with Gasteiger partial charge in [-0.1, -0.05) is 33.8 Å². The van der Waals surface area contributed by atoms with E-state index in [1.54, 1.807) is 25.7 Å². The van der Waals surface area contributed by atoms with Crippen LogP contribution in [-0.4, -0.2) is 13.0 Å². The summed E-state index contributed by atoms with van der Waals surface area (Å²) in [5, 5.41) is 3.11. The fourth-order valence-electron chi connectivity index (χ4n) is 4.71. The summed E-state index contributed by atoms with van der Waals surface area (Å²) in [4.78, 5) is 14.7. The first-order chi connectivity index (χ1) is 15.7. The fraction of sp³-hybridized carbons (Fsp3) is 0.393. The lowest BCUT2D eigenvalue weighted by molar-refractivity contribution is 0.0941. The first kappa shape index (κ1) is 23.4. The first-order valence-corrected chi connectivity index (χ1v) is 12.2. The van der Waals surface area contributed by atoms with Gasteiger partial charge >= 0.3 is 0 Å². The van der Waals surface area contributed by atoms with E-state index in [0.717, 1.165) is 34.6 Å². The molecule has 3 aromatic rings. The quantitative estimate of drug-likeness (QED) is 0.371. The van der Waals surface area contributed by atoms with Crippen molar-refractivity contribution in [2.75, 3.05) is 7.11 Å². The standard InChI is InChI=1S/C28H33NO3S/c1-7-8-22(18-11-14-32-17-18)29-26(30)25-10-9-24(33-25)19-15-20-21(16-23(19)31-6)28(4,5)13-12-27(20,2)3/h7,9-11,14-17,22H,1,8,12-13H2,2-6H3,(H,29,30). The van der Waals surface area contributed by atoms with E-state index in [4.69, 9.17) is 9.15 Å². The molecule has 0 aliphatic heterocycles. The maximum atomic E-state index is 13.0. The topological polar surface area (TPSA) is 51.5 Å². The van der Waals surface area contributed by atoms with Crippen LogP contribution in [0.2, 0.25) is 0 Å². The number of hydrogen-bond acceptors (Lipinski definition) is 4. The molecule has 4 rings (SSSR count). The Balaban J connectivity index is 1.67. The lowest BCUT2D eigenvalue weighted by atomic mass is 9.63. The normalized spacial score (nSPS) is 17.1. The largest absolute Gasteiger partial charge is 0.496 e. The molecule has 0 saturated heterocycles. The molecule has 0 saturated carbocycles. The molecule has 1 amide bonds. The van der Waals surface area contributed by atoms with E-state index in [1.165, 1.54) is 22.5 Å². The predicted molar refractivity (Wildman–Crippen MR) is 135 cm³/mol. The highest BCUT2D eigenvalue weighted by atomic mass is 32.1. The SMILES string of the molecule is C=CCC(NC(=O)c1ccc(-c2cc3c(cc2OC)C(C)(C)CCC3(C)C)s1)c1ccoc1. The van der Waals surface area contributed by atoms with Crippen LogP contribution in [0, 0.1) is 0 Å². The molecule has 1 atom stereocenters. The molecule has 0 spiro atoms. The minimum absolute atomic E-state index is 0.0994. The Bertz CT molecular complexity index is 1150. The van der Waals surface area contributed by atoms with Crippen molar-refractivity contribution in [2.24, 2.45) is 0 Å². The van der Waals surface area contributed by atoms with Gasteiger partial charge in [-0.2, -0.15) is 0 Å². The molecule has 1 unspecified atom stereocenters. The van der Waals surface area contributed by atoms with Gasteiger partial charge in [0.15, 0.2) is 0 Å². The second-order valence-corrected chi connectivity index (χ2v) is 11.2. The summed E-state index contributed by atoms with van der Waals surface area (Å²) in [5.74, 6) is 0.758. The Morgan fingerprint density at radius 1 is 1.18 bits per heavy atom. The fourth-order valence-corrected chi connectivity index (χ4v) is 5.64. The van der Waals surface area contributed by atoms with Crippen LogP contribution in [0.4, 0.5) is 0 Å². The summed E-state index contributed by atoms with van der Waals surface area (Å²) in [6.45, 7) is 13.1. The molecular weight excluding hydrogens is 430 g/mol. The number of carbonyl (C=O) groups excluding carboxylic acids is 1. The molecule has 1 aliphatic carbocycles. The first-order valence-electron chi connectivity index (χ1n) is 11.4. The van der Waals surface area contributed by atoms with Gasteiger partial charge in [0.1, 0.15) is 5.75 Å². The van der Waals surface area contributed by atoms with Crippen molar-refractivity contribution in [3.05, 3.63) is 77.1 Å². The lowest BCUT2D eigenvalue weighted by Crippen LogP contribution is -2.33. The maximum absolute atomic E-state index is 13.0. The van der Waals surface area contributed by atoms with E-state index in [-0.39, 0.29) is 22.8 Å². The molecule has 1 N–H and O–H groups in total. The van der Waals surface area contributed by atoms with Gasteiger partial charge in [0, 0.05) is 16.0 Å². The van der Waals surface area contributed by atoms with Crippen LogP contribution in [0.15, 0.2) is 59.9 Å². The van der Waals surface area contributed by atoms with Gasteiger partial charge in [-0.25, -0.2) is 0 Å². The number of thiophene rings is 1. The summed E-state index contributed by atoms with van der Waals surface area (Å²) in [6, 6.07) is 10.1. The van der Waals surface area contributed by atoms with Crippen molar-refractivity contribution in [3.8, 4) is 16.2 Å². The Labute approximate surface area is 200 Å². The van der Waals surface area contributed by atoms with E-state index in [0.29, 0.717) is 11.3 Å². The zero-order valence-electron chi connectivity index (χ0n) is 20.2. The number of ether oxygens (including phenoxy) is 1. The van der Waals surface area contributed by atoms with Gasteiger partial charge in [-0.05, 0) is 71.6 Å². The molecular formula is C28H33NO3S. The summed E-state index contributed by atoms with van der Waals surface area (Å²) < 4.78 is 11.0. The van der Waals surface area contributed by atoms with Crippen molar-refractivity contribution in [3.63, 3.8) is 0 Å². The zero-order valence-corrected chi connectivity index (χ0v) is 21.0. The van der Waals surface area contributed by atoms with Gasteiger partial charge < -0.3 is 14.5 Å². The van der Waals surface area contributed by atoms with Crippen LogP contribution < -0.4 is 10.1 Å². The van der Waals surface area contributed by atoms with Crippen LogP contribution in [0.25, 0.3) is 10.4 Å². The molecule has 0 radical (unpaired) electrons. The number of methoxy groups -OCH3 is 1. The minimum Gasteiger partial charge on any atom is -0.496 e. The molecule has 1 aliphatic rings. The Morgan fingerprint density at radius 3 is 2.48 bits per heavy atom. The van der Waals surface area contributed by atoms with Gasteiger partial charge in [-0.3, -0.25) is 4.79 Å². The van der Waals surface area contributed by atoms with Crippen LogP contribution in [0.3, 0.4) is 0 Å². The number of fused-ring (bicyclic) bond motifs is 1. The van der Waals surface area contributed by atoms with Crippen LogP contribution in [0.1, 0.15) is 79.4 Å². The molecule has 33 heavy (non-hydrogen) atoms. The van der Waals surface area contributed by atoms with Crippen molar-refractivity contribution < 1.29 is 13.9 Å². The molecule has 0 fully saturated rings. The van der Waals surface area contributed by atoms with E-state index < -0.39 is 0 Å².